The molecule has 14 heteroatoms. The summed E-state index contributed by atoms with van der Waals surface area (Å²) in [6.07, 6.45) is 25.4. The molecule has 1 heterocycles. The third-order valence-corrected chi connectivity index (χ3v) is 10.3. The van der Waals surface area contributed by atoms with E-state index in [9.17, 15) is 24.4 Å². The Bertz CT molecular complexity index is 2020. The molecule has 12 nitrogen and oxygen atoms in total. The van der Waals surface area contributed by atoms with Gasteiger partial charge >= 0.3 is 13.4 Å². The number of amides is 1. The molecule has 300 valence electrons. The van der Waals surface area contributed by atoms with E-state index >= 15 is 4.39 Å². The number of carbonyl (C=O) groups excluding carboxylic acids is 1. The lowest BCUT2D eigenvalue weighted by molar-refractivity contribution is -0.121. The average Bonchev–Trinajstić information content (AvgIpc) is 3.39. The van der Waals surface area contributed by atoms with Crippen molar-refractivity contribution in [2.75, 3.05) is 25.4 Å². The number of allylic oxidation sites excluding steroid dienone is 10. The molecule has 0 fully saturated rings. The van der Waals surface area contributed by atoms with Gasteiger partial charge in [0, 0.05) is 36.7 Å². The van der Waals surface area contributed by atoms with E-state index in [2.05, 4.69) is 83.1 Å². The van der Waals surface area contributed by atoms with Crippen molar-refractivity contribution in [2.45, 2.75) is 76.5 Å². The molecule has 4 atom stereocenters. The van der Waals surface area contributed by atoms with Crippen LogP contribution in [-0.4, -0.2) is 57.6 Å². The molecular formula is C42H53FN5O7P. The lowest BCUT2D eigenvalue weighted by atomic mass is 10.1. The van der Waals surface area contributed by atoms with E-state index in [4.69, 9.17) is 14.8 Å². The zero-order chi connectivity index (χ0) is 40.2. The number of anilines is 1. The van der Waals surface area contributed by atoms with E-state index in [-0.39, 0.29) is 30.6 Å². The molecule has 1 amide bonds. The molecule has 4 unspecified atom stereocenters. The number of rotatable bonds is 23. The summed E-state index contributed by atoms with van der Waals surface area (Å²) >= 11 is 0. The van der Waals surface area contributed by atoms with Crippen LogP contribution in [0.1, 0.15) is 64.3 Å². The van der Waals surface area contributed by atoms with Crippen LogP contribution in [0.4, 0.5) is 10.2 Å². The molecule has 1 aliphatic rings. The van der Waals surface area contributed by atoms with Crippen molar-refractivity contribution < 1.29 is 33.0 Å². The Balaban J connectivity index is 1.25. The summed E-state index contributed by atoms with van der Waals surface area (Å²) in [7, 11) is -4.31. The summed E-state index contributed by atoms with van der Waals surface area (Å²) in [4.78, 5) is 28.5. The number of carbonyl (C=O) groups is 1. The van der Waals surface area contributed by atoms with Crippen molar-refractivity contribution in [2.24, 2.45) is 0 Å². The Morgan fingerprint density at radius 3 is 2.25 bits per heavy atom. The van der Waals surface area contributed by atoms with Crippen molar-refractivity contribution in [1.29, 1.82) is 0 Å². The van der Waals surface area contributed by atoms with Gasteiger partial charge in [-0.1, -0.05) is 104 Å². The number of nitrogens with zero attached hydrogens (tertiary/aromatic N) is 2. The van der Waals surface area contributed by atoms with E-state index in [0.29, 0.717) is 18.2 Å². The Labute approximate surface area is 327 Å². The van der Waals surface area contributed by atoms with Gasteiger partial charge in [-0.15, -0.1) is 0 Å². The highest BCUT2D eigenvalue weighted by Crippen LogP contribution is 2.48. The second-order valence-corrected chi connectivity index (χ2v) is 14.7. The summed E-state index contributed by atoms with van der Waals surface area (Å²) in [5, 5.41) is 28.3. The molecule has 0 saturated carbocycles. The summed E-state index contributed by atoms with van der Waals surface area (Å²) in [5.41, 5.74) is 4.19. The maximum atomic E-state index is 15.7. The van der Waals surface area contributed by atoms with Gasteiger partial charge in [-0.2, -0.15) is 4.98 Å². The molecule has 56 heavy (non-hydrogen) atoms. The van der Waals surface area contributed by atoms with Gasteiger partial charge in [-0.3, -0.25) is 13.9 Å². The Hall–Kier alpha value is -4.91. The number of aliphatic hydroxyl groups is 2. The third kappa shape index (κ3) is 13.7. The van der Waals surface area contributed by atoms with Crippen LogP contribution in [0.3, 0.4) is 0 Å². The number of nitrogens with two attached hydrogens (primary N) is 1. The molecule has 1 aromatic heterocycles. The molecular weight excluding hydrogens is 736 g/mol. The van der Waals surface area contributed by atoms with Crippen molar-refractivity contribution in [3.63, 3.8) is 0 Å². The van der Waals surface area contributed by atoms with Gasteiger partial charge in [0.15, 0.2) is 0 Å². The zero-order valence-electron chi connectivity index (χ0n) is 31.7. The van der Waals surface area contributed by atoms with Crippen molar-refractivity contribution >= 4 is 30.2 Å². The van der Waals surface area contributed by atoms with Gasteiger partial charge in [0.05, 0.1) is 6.61 Å². The minimum absolute atomic E-state index is 0.0373. The minimum atomic E-state index is -4.31. The quantitative estimate of drug-likeness (QED) is 0.0372. The summed E-state index contributed by atoms with van der Waals surface area (Å²) < 4.78 is 42.2. The number of aromatic nitrogens is 2. The molecule has 0 saturated heterocycles. The Morgan fingerprint density at radius 1 is 0.929 bits per heavy atom. The van der Waals surface area contributed by atoms with E-state index < -0.39 is 49.7 Å². The largest absolute Gasteiger partial charge is 0.459 e. The summed E-state index contributed by atoms with van der Waals surface area (Å²) in [6.45, 7) is 1.42. The maximum Gasteiger partial charge on any atom is 0.459 e. The molecule has 6 N–H and O–H groups in total. The molecule has 0 spiro atoms. The number of hydrogen-bond donors (Lipinski definition) is 5. The maximum absolute atomic E-state index is 15.7. The zero-order valence-corrected chi connectivity index (χ0v) is 32.6. The number of nitrogen functional groups attached to an aromatic ring is 1. The fourth-order valence-corrected chi connectivity index (χ4v) is 7.16. The predicted molar refractivity (Wildman–Crippen MR) is 220 cm³/mol. The van der Waals surface area contributed by atoms with Gasteiger partial charge in [-0.25, -0.2) is 18.8 Å². The number of halogens is 1. The number of unbranched alkanes of at least 4 members (excludes halogenated alkanes) is 1. The Kier molecular flexibility index (Phi) is 18.2. The highest BCUT2D eigenvalue weighted by molar-refractivity contribution is 7.52. The molecule has 4 rings (SSSR count). The van der Waals surface area contributed by atoms with Gasteiger partial charge in [0.25, 0.3) is 0 Å². The van der Waals surface area contributed by atoms with E-state index in [0.717, 1.165) is 54.7 Å². The third-order valence-electron chi connectivity index (χ3n) is 8.76. The number of hydrogen-bond acceptors (Lipinski definition) is 9. The van der Waals surface area contributed by atoms with Crippen LogP contribution in [0.25, 0.3) is 10.8 Å². The standard InChI is InChI=1S/C42H53FN5O7P/c1-2-3-4-5-6-7-8-9-10-11-12-13-14-15-16-17-18-26-37(49)45-28-29-46-56(53,55-35-25-21-23-32-22-19-20-24-33(32)35)54-31-34-38(43)39(41(51)40(34)50)48-30-27-36(44)47-42(48)52/h3-4,6-7,9-10,12-13,15-16,19-25,27,30,39-41,50-51H,2,5,8,11,14,17-18,26,28-29,31H2,1H3,(H,45,49)(H,46,53)(H2,44,47,52). The highest BCUT2D eigenvalue weighted by atomic mass is 31.2. The fraction of sp³-hybridized carbons (Fsp3) is 0.357. The van der Waals surface area contributed by atoms with Crippen LogP contribution in [0.15, 0.2) is 132 Å². The van der Waals surface area contributed by atoms with Gasteiger partial charge in [-0.05, 0) is 62.5 Å². The summed E-state index contributed by atoms with van der Waals surface area (Å²) in [6, 6.07) is 12.1. The monoisotopic (exact) mass is 789 g/mol. The van der Waals surface area contributed by atoms with Crippen LogP contribution in [0.5, 0.6) is 5.75 Å². The van der Waals surface area contributed by atoms with Gasteiger partial charge < -0.3 is 25.8 Å². The SMILES string of the molecule is CCC=CCC=CCC=CCC=CCC=CCCCC(=O)NCCNP(=O)(OCC1=C(F)C(n2ccc(N)nc2=O)C(O)C1O)Oc1cccc2ccccc12. The van der Waals surface area contributed by atoms with E-state index in [1.165, 1.54) is 6.07 Å². The van der Waals surface area contributed by atoms with E-state index in [1.54, 1.807) is 24.3 Å². The molecule has 2 aromatic carbocycles. The first-order valence-electron chi connectivity index (χ1n) is 18.9. The van der Waals surface area contributed by atoms with Gasteiger partial charge in [0.1, 0.15) is 35.6 Å². The first-order valence-corrected chi connectivity index (χ1v) is 20.5. The molecule has 1 aliphatic carbocycles. The number of nitrogens with one attached hydrogen (secondary N) is 2. The lowest BCUT2D eigenvalue weighted by Crippen LogP contribution is -2.36. The molecule has 0 bridgehead atoms. The summed E-state index contributed by atoms with van der Waals surface area (Å²) in [5.74, 6) is -1.11. The van der Waals surface area contributed by atoms with Crippen molar-refractivity contribution in [3.8, 4) is 5.75 Å². The van der Waals surface area contributed by atoms with Gasteiger partial charge in [0.2, 0.25) is 5.91 Å². The lowest BCUT2D eigenvalue weighted by Gasteiger charge is -2.22. The predicted octanol–water partition coefficient (Wildman–Crippen LogP) is 7.31. The molecule has 3 aromatic rings. The van der Waals surface area contributed by atoms with E-state index in [1.807, 2.05) is 18.2 Å². The minimum Gasteiger partial charge on any atom is -0.413 e. The number of aliphatic hydroxyl groups excluding tert-OH is 2. The topological polar surface area (TPSA) is 178 Å². The van der Waals surface area contributed by atoms with Crippen LogP contribution in [-0.2, 0) is 13.9 Å². The number of benzene rings is 2. The van der Waals surface area contributed by atoms with Crippen molar-refractivity contribution in [1.82, 2.24) is 20.0 Å². The first kappa shape index (κ1) is 43.8. The second kappa shape index (κ2) is 23.2. The van der Waals surface area contributed by atoms with Crippen LogP contribution in [0, 0.1) is 0 Å². The Morgan fingerprint density at radius 2 is 1.57 bits per heavy atom. The van der Waals surface area contributed by atoms with Crippen LogP contribution < -0.4 is 26.4 Å². The van der Waals surface area contributed by atoms with Crippen molar-refractivity contribution in [3.05, 3.63) is 137 Å². The van der Waals surface area contributed by atoms with Crippen LogP contribution >= 0.6 is 7.75 Å². The first-order chi connectivity index (χ1) is 27.1. The normalized spacial score (nSPS) is 18.8. The molecule has 0 aliphatic heterocycles. The van der Waals surface area contributed by atoms with Crippen LogP contribution in [0.2, 0.25) is 0 Å². The highest BCUT2D eigenvalue weighted by Gasteiger charge is 2.44. The smallest absolute Gasteiger partial charge is 0.413 e. The molecule has 0 radical (unpaired) electrons. The average molecular weight is 790 g/mol. The number of fused-ring (bicyclic) bond motifs is 1. The second-order valence-electron chi connectivity index (χ2n) is 13.0. The fourth-order valence-electron chi connectivity index (χ4n) is 5.83.